The quantitative estimate of drug-likeness (QED) is 0.216. The normalized spacial score (nSPS) is 32.9. The third kappa shape index (κ3) is 5.92. The van der Waals surface area contributed by atoms with Crippen molar-refractivity contribution < 1.29 is 46.6 Å². The molecule has 1 aromatic heterocycles. The van der Waals surface area contributed by atoms with Crippen molar-refractivity contribution in [2.45, 2.75) is 30.2 Å². The SMILES string of the molecule is O=c1ccn(C[C@@H]2O[C@@H]3C(OP(O)(=S)OP(=O)(O)OP(=O)(O)O)C3[C@@H]2Cl)c(=O)[nH]1. The predicted molar refractivity (Wildman–Crippen MR) is 98.5 cm³/mol. The van der Waals surface area contributed by atoms with Crippen LogP contribution in [0.15, 0.2) is 21.9 Å². The van der Waals surface area contributed by atoms with Gasteiger partial charge in [-0.15, -0.1) is 11.6 Å². The van der Waals surface area contributed by atoms with Crippen LogP contribution in [-0.4, -0.2) is 52.8 Å². The molecule has 0 amide bonds. The van der Waals surface area contributed by atoms with E-state index in [1.165, 1.54) is 10.8 Å². The van der Waals surface area contributed by atoms with Gasteiger partial charge >= 0.3 is 28.1 Å². The fourth-order valence-electron chi connectivity index (χ4n) is 2.84. The molecule has 2 fully saturated rings. The summed E-state index contributed by atoms with van der Waals surface area (Å²) in [4.78, 5) is 61.1. The summed E-state index contributed by atoms with van der Waals surface area (Å²) in [7, 11) is -10.8. The van der Waals surface area contributed by atoms with E-state index in [-0.39, 0.29) is 6.54 Å². The predicted octanol–water partition coefficient (Wildman–Crippen LogP) is -0.631. The van der Waals surface area contributed by atoms with Crippen molar-refractivity contribution in [1.82, 2.24) is 9.55 Å². The molecule has 14 nitrogen and oxygen atoms in total. The average molecular weight is 515 g/mol. The maximum atomic E-state index is 11.7. The number of rotatable bonds is 8. The molecule has 0 radical (unpaired) electrons. The summed E-state index contributed by atoms with van der Waals surface area (Å²) in [6.45, 7) is -4.43. The second kappa shape index (κ2) is 8.03. The summed E-state index contributed by atoms with van der Waals surface area (Å²) in [5, 5.41) is -0.703. The third-order valence-corrected chi connectivity index (χ3v) is 9.21. The minimum Gasteiger partial charge on any atom is -0.368 e. The van der Waals surface area contributed by atoms with Crippen LogP contribution < -0.4 is 11.2 Å². The smallest absolute Gasteiger partial charge is 0.368 e. The molecule has 164 valence electrons. The van der Waals surface area contributed by atoms with Crippen LogP contribution in [0, 0.1) is 5.92 Å². The molecular formula is C10H14ClN2O12P3S. The molecule has 7 atom stereocenters. The van der Waals surface area contributed by atoms with Gasteiger partial charge in [0.15, 0.2) is 0 Å². The van der Waals surface area contributed by atoms with Crippen LogP contribution in [0.25, 0.3) is 0 Å². The van der Waals surface area contributed by atoms with Gasteiger partial charge in [0.2, 0.25) is 0 Å². The summed E-state index contributed by atoms with van der Waals surface area (Å²) in [5.41, 5.74) is -1.21. The fourth-order valence-corrected chi connectivity index (χ4v) is 7.55. The van der Waals surface area contributed by atoms with E-state index in [2.05, 4.69) is 25.4 Å². The molecule has 29 heavy (non-hydrogen) atoms. The van der Waals surface area contributed by atoms with Gasteiger partial charge in [-0.25, -0.2) is 18.2 Å². The van der Waals surface area contributed by atoms with Crippen molar-refractivity contribution in [2.75, 3.05) is 0 Å². The zero-order valence-electron chi connectivity index (χ0n) is 13.9. The molecule has 0 aromatic carbocycles. The Kier molecular flexibility index (Phi) is 6.48. The van der Waals surface area contributed by atoms with Crippen LogP contribution in [0.2, 0.25) is 0 Å². The van der Waals surface area contributed by atoms with Gasteiger partial charge in [-0.05, 0) is 11.8 Å². The van der Waals surface area contributed by atoms with E-state index in [0.29, 0.717) is 0 Å². The molecule has 1 saturated carbocycles. The van der Waals surface area contributed by atoms with E-state index in [1.54, 1.807) is 0 Å². The molecule has 1 aliphatic heterocycles. The Hall–Kier alpha value is -0.240. The molecule has 2 aliphatic rings. The molecule has 1 aliphatic carbocycles. The van der Waals surface area contributed by atoms with Gasteiger partial charge in [-0.1, -0.05) is 0 Å². The lowest BCUT2D eigenvalue weighted by Gasteiger charge is -2.23. The van der Waals surface area contributed by atoms with Gasteiger partial charge in [0.05, 0.1) is 24.1 Å². The topological polar surface area (TPSA) is 207 Å². The first-order valence-corrected chi connectivity index (χ1v) is 13.6. The Morgan fingerprint density at radius 3 is 2.41 bits per heavy atom. The van der Waals surface area contributed by atoms with Crippen molar-refractivity contribution in [2.24, 2.45) is 5.92 Å². The number of aromatic amines is 1. The molecule has 19 heteroatoms. The number of halogens is 1. The Balaban J connectivity index is 1.58. The van der Waals surface area contributed by atoms with Crippen molar-refractivity contribution in [1.29, 1.82) is 0 Å². The van der Waals surface area contributed by atoms with E-state index < -0.39 is 63.2 Å². The molecule has 0 spiro atoms. The van der Waals surface area contributed by atoms with Crippen LogP contribution in [-0.2, 0) is 45.4 Å². The Morgan fingerprint density at radius 2 is 1.90 bits per heavy atom. The maximum absolute atomic E-state index is 11.7. The number of H-pyrrole nitrogens is 1. The summed E-state index contributed by atoms with van der Waals surface area (Å²) >= 11 is 10.8. The first-order chi connectivity index (χ1) is 13.2. The van der Waals surface area contributed by atoms with Crippen LogP contribution in [0.4, 0.5) is 0 Å². The van der Waals surface area contributed by atoms with Crippen LogP contribution >= 0.6 is 34.0 Å². The van der Waals surface area contributed by atoms with E-state index in [0.717, 1.165) is 6.07 Å². The monoisotopic (exact) mass is 514 g/mol. The van der Waals surface area contributed by atoms with Crippen LogP contribution in [0.5, 0.6) is 0 Å². The van der Waals surface area contributed by atoms with E-state index in [1.807, 2.05) is 0 Å². The second-order valence-corrected chi connectivity index (χ2v) is 12.3. The number of nitrogens with one attached hydrogen (secondary N) is 1. The summed E-state index contributed by atoms with van der Waals surface area (Å²) in [6.07, 6.45) is -0.950. The number of ether oxygens (including phenoxy) is 1. The Labute approximate surface area is 171 Å². The molecule has 1 aromatic rings. The number of alkyl halides is 1. The molecular weight excluding hydrogens is 501 g/mol. The van der Waals surface area contributed by atoms with E-state index in [4.69, 9.17) is 30.6 Å². The molecule has 1 saturated heterocycles. The molecule has 2 heterocycles. The lowest BCUT2D eigenvalue weighted by atomic mass is 10.2. The third-order valence-electron chi connectivity index (χ3n) is 3.94. The number of hydrogen-bond donors (Lipinski definition) is 5. The lowest BCUT2D eigenvalue weighted by molar-refractivity contribution is 0.0277. The lowest BCUT2D eigenvalue weighted by Crippen LogP contribution is -2.36. The Morgan fingerprint density at radius 1 is 1.24 bits per heavy atom. The van der Waals surface area contributed by atoms with Crippen LogP contribution in [0.1, 0.15) is 0 Å². The minimum absolute atomic E-state index is 0.0231. The van der Waals surface area contributed by atoms with Gasteiger partial charge < -0.3 is 28.8 Å². The first-order valence-electron chi connectivity index (χ1n) is 7.59. The highest BCUT2D eigenvalue weighted by molar-refractivity contribution is 8.08. The minimum atomic E-state index is -5.41. The van der Waals surface area contributed by atoms with Gasteiger partial charge in [0, 0.05) is 18.2 Å². The highest BCUT2D eigenvalue weighted by Gasteiger charge is 2.66. The number of nitrogens with zero attached hydrogens (tertiary/aromatic N) is 1. The highest BCUT2D eigenvalue weighted by Crippen LogP contribution is 2.68. The van der Waals surface area contributed by atoms with Crippen molar-refractivity contribution in [3.05, 3.63) is 33.1 Å². The van der Waals surface area contributed by atoms with Crippen LogP contribution in [0.3, 0.4) is 0 Å². The van der Waals surface area contributed by atoms with Gasteiger partial charge in [-0.3, -0.25) is 14.3 Å². The van der Waals surface area contributed by atoms with Gasteiger partial charge in [0.1, 0.15) is 6.10 Å². The van der Waals surface area contributed by atoms with Crippen molar-refractivity contribution in [3.8, 4) is 0 Å². The summed E-state index contributed by atoms with van der Waals surface area (Å²) in [6, 6.07) is 1.15. The number of phosphoric acid groups is 2. The zero-order valence-corrected chi connectivity index (χ0v) is 18.1. The zero-order chi connectivity index (χ0) is 21.8. The van der Waals surface area contributed by atoms with Gasteiger partial charge in [0.25, 0.3) is 5.56 Å². The number of hydrogen-bond acceptors (Lipinski definition) is 9. The highest BCUT2D eigenvalue weighted by atomic mass is 35.5. The van der Waals surface area contributed by atoms with Crippen molar-refractivity contribution in [3.63, 3.8) is 0 Å². The summed E-state index contributed by atoms with van der Waals surface area (Å²) < 4.78 is 41.7. The molecule has 5 N–H and O–H groups in total. The number of aromatic nitrogens is 2. The molecule has 4 unspecified atom stereocenters. The Bertz CT molecular complexity index is 1050. The second-order valence-electron chi connectivity index (χ2n) is 6.08. The molecule has 0 bridgehead atoms. The summed E-state index contributed by atoms with van der Waals surface area (Å²) in [5.74, 6) is -0.501. The van der Waals surface area contributed by atoms with E-state index in [9.17, 15) is 28.5 Å². The fraction of sp³-hybridized carbons (Fsp3) is 0.600. The standard InChI is InChI=1S/C10H14ClN2O12P3S/c11-7-4(3-13-2-1-5(14)12-10(13)15)22-8-6(7)9(8)23-28(21,29)25-27(19,20)24-26(16,17)18/h1-2,4,6-9H,3H2,(H,19,20)(H,21,29)(H,12,14,15)(H2,16,17,18)/t4-,6?,7+,8-,9?,28?/m0/s1. The molecule has 3 rings (SSSR count). The van der Waals surface area contributed by atoms with Gasteiger partial charge in [-0.2, -0.15) is 4.31 Å². The maximum Gasteiger partial charge on any atom is 0.488 e. The first kappa shape index (κ1) is 23.4. The number of fused-ring (bicyclic) bond motifs is 1. The van der Waals surface area contributed by atoms with E-state index >= 15 is 0 Å². The average Bonchev–Trinajstić information content (AvgIpc) is 3.03. The van der Waals surface area contributed by atoms with Crippen molar-refractivity contribution >= 4 is 45.8 Å². The largest absolute Gasteiger partial charge is 0.488 e.